The summed E-state index contributed by atoms with van der Waals surface area (Å²) in [6, 6.07) is 3.56. The van der Waals surface area contributed by atoms with Crippen molar-refractivity contribution in [3.8, 4) is 0 Å². The summed E-state index contributed by atoms with van der Waals surface area (Å²) in [6.45, 7) is 2.89. The standard InChI is InChI=1S/C17H23F3N2O2/c1-12(2)14(13-4-3-7-21-10-13)15(24)22-8-5-16(11-23,6-9-22)17(18,19)20/h3-4,7,10,12,14,23H,5-6,8-9,11H2,1-2H3. The first kappa shape index (κ1) is 18.7. The van der Waals surface area contributed by atoms with Crippen LogP contribution in [0.25, 0.3) is 0 Å². The van der Waals surface area contributed by atoms with Crippen LogP contribution in [0.4, 0.5) is 13.2 Å². The minimum Gasteiger partial charge on any atom is -0.395 e. The van der Waals surface area contributed by atoms with E-state index in [4.69, 9.17) is 0 Å². The van der Waals surface area contributed by atoms with Crippen LogP contribution in [0.3, 0.4) is 0 Å². The van der Waals surface area contributed by atoms with E-state index in [-0.39, 0.29) is 37.8 Å². The van der Waals surface area contributed by atoms with Gasteiger partial charge < -0.3 is 10.0 Å². The van der Waals surface area contributed by atoms with E-state index in [1.54, 1.807) is 18.5 Å². The Morgan fingerprint density at radius 2 is 2.00 bits per heavy atom. The first-order chi connectivity index (χ1) is 11.2. The summed E-state index contributed by atoms with van der Waals surface area (Å²) in [5.41, 5.74) is -1.32. The van der Waals surface area contributed by atoms with Crippen LogP contribution in [-0.2, 0) is 4.79 Å². The zero-order valence-electron chi connectivity index (χ0n) is 13.9. The number of aliphatic hydroxyl groups excluding tert-OH is 1. The monoisotopic (exact) mass is 344 g/mol. The summed E-state index contributed by atoms with van der Waals surface area (Å²) < 4.78 is 39.6. The molecular weight excluding hydrogens is 321 g/mol. The van der Waals surface area contributed by atoms with Crippen molar-refractivity contribution in [1.82, 2.24) is 9.88 Å². The molecule has 0 bridgehead atoms. The predicted molar refractivity (Wildman–Crippen MR) is 83.2 cm³/mol. The maximum absolute atomic E-state index is 13.2. The molecule has 1 atom stereocenters. The number of alkyl halides is 3. The SMILES string of the molecule is CC(C)C(C(=O)N1CCC(CO)(C(F)(F)F)CC1)c1cccnc1. The molecule has 4 nitrogen and oxygen atoms in total. The van der Waals surface area contributed by atoms with Gasteiger partial charge >= 0.3 is 6.18 Å². The Bertz CT molecular complexity index is 553. The molecule has 0 saturated carbocycles. The number of pyridine rings is 1. The fourth-order valence-corrected chi connectivity index (χ4v) is 3.26. The summed E-state index contributed by atoms with van der Waals surface area (Å²) in [7, 11) is 0. The first-order valence-corrected chi connectivity index (χ1v) is 8.08. The number of rotatable bonds is 4. The minimum atomic E-state index is -4.46. The molecule has 1 aromatic heterocycles. The van der Waals surface area contributed by atoms with Gasteiger partial charge in [-0.2, -0.15) is 13.2 Å². The highest BCUT2D eigenvalue weighted by atomic mass is 19.4. The van der Waals surface area contributed by atoms with Gasteiger partial charge in [0, 0.05) is 25.5 Å². The Hall–Kier alpha value is -1.63. The molecule has 0 aromatic carbocycles. The number of aliphatic hydroxyl groups is 1. The topological polar surface area (TPSA) is 53.4 Å². The number of carbonyl (C=O) groups is 1. The number of aromatic nitrogens is 1. The molecule has 1 N–H and O–H groups in total. The Labute approximate surface area is 139 Å². The van der Waals surface area contributed by atoms with Crippen molar-refractivity contribution in [3.05, 3.63) is 30.1 Å². The van der Waals surface area contributed by atoms with E-state index in [0.717, 1.165) is 5.56 Å². The number of hydrogen-bond acceptors (Lipinski definition) is 3. The molecular formula is C17H23F3N2O2. The van der Waals surface area contributed by atoms with Crippen LogP contribution >= 0.6 is 0 Å². The lowest BCUT2D eigenvalue weighted by molar-refractivity contribution is -0.248. The second kappa shape index (κ2) is 7.09. The van der Waals surface area contributed by atoms with E-state index in [9.17, 15) is 23.1 Å². The molecule has 7 heteroatoms. The zero-order valence-corrected chi connectivity index (χ0v) is 13.9. The molecule has 1 aromatic rings. The van der Waals surface area contributed by atoms with Crippen molar-refractivity contribution in [1.29, 1.82) is 0 Å². The fourth-order valence-electron chi connectivity index (χ4n) is 3.26. The molecule has 1 amide bonds. The molecule has 24 heavy (non-hydrogen) atoms. The quantitative estimate of drug-likeness (QED) is 0.914. The van der Waals surface area contributed by atoms with Crippen LogP contribution < -0.4 is 0 Å². The lowest BCUT2D eigenvalue weighted by atomic mass is 9.77. The average molecular weight is 344 g/mol. The van der Waals surface area contributed by atoms with Crippen LogP contribution in [-0.4, -0.2) is 46.8 Å². The lowest BCUT2D eigenvalue weighted by Crippen LogP contribution is -2.52. The number of halogens is 3. The van der Waals surface area contributed by atoms with E-state index in [2.05, 4.69) is 4.98 Å². The van der Waals surface area contributed by atoms with Gasteiger partial charge in [0.05, 0.1) is 17.9 Å². The summed E-state index contributed by atoms with van der Waals surface area (Å²) in [5.74, 6) is -0.591. The smallest absolute Gasteiger partial charge is 0.395 e. The largest absolute Gasteiger partial charge is 0.396 e. The van der Waals surface area contributed by atoms with Crippen molar-refractivity contribution >= 4 is 5.91 Å². The second-order valence-corrected chi connectivity index (χ2v) is 6.77. The van der Waals surface area contributed by atoms with E-state index >= 15 is 0 Å². The van der Waals surface area contributed by atoms with Crippen LogP contribution in [0.2, 0.25) is 0 Å². The van der Waals surface area contributed by atoms with E-state index < -0.39 is 24.1 Å². The highest BCUT2D eigenvalue weighted by molar-refractivity contribution is 5.84. The number of amides is 1. The third-order valence-corrected chi connectivity index (χ3v) is 4.91. The Morgan fingerprint density at radius 1 is 1.38 bits per heavy atom. The highest BCUT2D eigenvalue weighted by Gasteiger charge is 2.55. The number of nitrogens with zero attached hydrogens (tertiary/aromatic N) is 2. The molecule has 1 saturated heterocycles. The third kappa shape index (κ3) is 3.55. The average Bonchev–Trinajstić information content (AvgIpc) is 2.54. The summed E-state index contributed by atoms with van der Waals surface area (Å²) in [4.78, 5) is 18.4. The van der Waals surface area contributed by atoms with Crippen molar-refractivity contribution in [2.45, 2.75) is 38.8 Å². The van der Waals surface area contributed by atoms with Gasteiger partial charge in [0.1, 0.15) is 0 Å². The first-order valence-electron chi connectivity index (χ1n) is 8.08. The normalized spacial score (nSPS) is 19.4. The number of hydrogen-bond donors (Lipinski definition) is 1. The van der Waals surface area contributed by atoms with Gasteiger partial charge in [0.2, 0.25) is 5.91 Å². The van der Waals surface area contributed by atoms with E-state index in [0.29, 0.717) is 0 Å². The van der Waals surface area contributed by atoms with E-state index in [1.807, 2.05) is 19.9 Å². The lowest BCUT2D eigenvalue weighted by Gasteiger charge is -2.42. The minimum absolute atomic E-state index is 0.00237. The van der Waals surface area contributed by atoms with Crippen molar-refractivity contribution in [2.24, 2.45) is 11.3 Å². The van der Waals surface area contributed by atoms with Crippen LogP contribution in [0.15, 0.2) is 24.5 Å². The number of piperidine rings is 1. The molecule has 0 aliphatic carbocycles. The van der Waals surface area contributed by atoms with Crippen molar-refractivity contribution < 1.29 is 23.1 Å². The molecule has 2 heterocycles. The van der Waals surface area contributed by atoms with Crippen LogP contribution in [0, 0.1) is 11.3 Å². The molecule has 1 aliphatic heterocycles. The maximum Gasteiger partial charge on any atom is 0.396 e. The van der Waals surface area contributed by atoms with Gasteiger partial charge in [-0.3, -0.25) is 9.78 Å². The van der Waals surface area contributed by atoms with Gasteiger partial charge in [0.15, 0.2) is 0 Å². The predicted octanol–water partition coefficient (Wildman–Crippen LogP) is 2.98. The van der Waals surface area contributed by atoms with Gasteiger partial charge in [-0.15, -0.1) is 0 Å². The molecule has 1 unspecified atom stereocenters. The molecule has 134 valence electrons. The molecule has 0 spiro atoms. The third-order valence-electron chi connectivity index (χ3n) is 4.91. The molecule has 0 radical (unpaired) electrons. The Kier molecular flexibility index (Phi) is 5.52. The van der Waals surface area contributed by atoms with Gasteiger partial charge in [-0.1, -0.05) is 19.9 Å². The molecule has 1 fully saturated rings. The maximum atomic E-state index is 13.2. The number of likely N-dealkylation sites (tertiary alicyclic amines) is 1. The number of carbonyl (C=O) groups excluding carboxylic acids is 1. The fraction of sp³-hybridized carbons (Fsp3) is 0.647. The summed E-state index contributed by atoms with van der Waals surface area (Å²) in [5, 5.41) is 9.25. The van der Waals surface area contributed by atoms with Crippen molar-refractivity contribution in [2.75, 3.05) is 19.7 Å². The molecule has 2 rings (SSSR count). The zero-order chi connectivity index (χ0) is 18.0. The molecule has 1 aliphatic rings. The van der Waals surface area contributed by atoms with Gasteiger partial charge in [-0.05, 0) is 30.4 Å². The van der Waals surface area contributed by atoms with Crippen LogP contribution in [0.1, 0.15) is 38.2 Å². The van der Waals surface area contributed by atoms with E-state index in [1.165, 1.54) is 4.90 Å². The highest BCUT2D eigenvalue weighted by Crippen LogP contribution is 2.46. The second-order valence-electron chi connectivity index (χ2n) is 6.77. The van der Waals surface area contributed by atoms with Crippen molar-refractivity contribution in [3.63, 3.8) is 0 Å². The summed E-state index contributed by atoms with van der Waals surface area (Å²) in [6.07, 6.45) is -1.75. The van der Waals surface area contributed by atoms with Gasteiger partial charge in [-0.25, -0.2) is 0 Å². The van der Waals surface area contributed by atoms with Crippen LogP contribution in [0.5, 0.6) is 0 Å². The summed E-state index contributed by atoms with van der Waals surface area (Å²) >= 11 is 0. The Balaban J connectivity index is 2.14. The Morgan fingerprint density at radius 3 is 2.42 bits per heavy atom. The van der Waals surface area contributed by atoms with Gasteiger partial charge in [0.25, 0.3) is 0 Å².